The van der Waals surface area contributed by atoms with Crippen LogP contribution in [0.5, 0.6) is 11.5 Å². The van der Waals surface area contributed by atoms with Crippen LogP contribution in [0.3, 0.4) is 0 Å². The molecule has 0 unspecified atom stereocenters. The van der Waals surface area contributed by atoms with Gasteiger partial charge in [-0.1, -0.05) is 44.5 Å². The topological polar surface area (TPSA) is 9.23 Å². The minimum Gasteiger partial charge on any atom is -0.453 e. The van der Waals surface area contributed by atoms with Crippen molar-refractivity contribution in [3.8, 4) is 11.5 Å². The van der Waals surface area contributed by atoms with Gasteiger partial charge in [0.05, 0.1) is 10.6 Å². The highest BCUT2D eigenvalue weighted by molar-refractivity contribution is 6.32. The first-order valence-electron chi connectivity index (χ1n) is 7.40. The number of hydrogen-bond donors (Lipinski definition) is 0. The van der Waals surface area contributed by atoms with Gasteiger partial charge in [-0.2, -0.15) is 13.2 Å². The molecule has 0 radical (unpaired) electrons. The molecule has 24 heavy (non-hydrogen) atoms. The number of ether oxygens (including phenoxy) is 1. The molecule has 1 nitrogen and oxygen atoms in total. The predicted octanol–water partition coefficient (Wildman–Crippen LogP) is 6.98. The highest BCUT2D eigenvalue weighted by Gasteiger charge is 2.35. The van der Waals surface area contributed by atoms with Crippen LogP contribution in [-0.2, 0) is 11.6 Å². The van der Waals surface area contributed by atoms with E-state index in [2.05, 4.69) is 0 Å². The van der Waals surface area contributed by atoms with Gasteiger partial charge in [-0.25, -0.2) is 4.39 Å². The Morgan fingerprint density at radius 2 is 1.71 bits per heavy atom. The van der Waals surface area contributed by atoms with Crippen molar-refractivity contribution in [2.75, 3.05) is 0 Å². The van der Waals surface area contributed by atoms with Crippen LogP contribution in [0, 0.1) is 5.82 Å². The Bertz CT molecular complexity index is 738. The van der Waals surface area contributed by atoms with Crippen LogP contribution in [0.2, 0.25) is 5.02 Å². The van der Waals surface area contributed by atoms with Crippen molar-refractivity contribution in [2.24, 2.45) is 0 Å². The number of halogens is 5. The summed E-state index contributed by atoms with van der Waals surface area (Å²) in [4.78, 5) is 0. The molecule has 0 N–H and O–H groups in total. The number of benzene rings is 2. The molecular weight excluding hydrogens is 344 g/mol. The van der Waals surface area contributed by atoms with E-state index >= 15 is 0 Å². The SMILES string of the molecule is CCC(C)(C)c1ccc(Oc2cccc(C(F)(F)F)c2F)c(Cl)c1. The third-order valence-electron chi connectivity index (χ3n) is 4.09. The van der Waals surface area contributed by atoms with Gasteiger partial charge in [0.1, 0.15) is 5.75 Å². The van der Waals surface area contributed by atoms with Crippen molar-refractivity contribution in [2.45, 2.75) is 38.8 Å². The van der Waals surface area contributed by atoms with Gasteiger partial charge < -0.3 is 4.74 Å². The zero-order chi connectivity index (χ0) is 18.1. The van der Waals surface area contributed by atoms with Crippen LogP contribution < -0.4 is 4.74 Å². The van der Waals surface area contributed by atoms with Gasteiger partial charge in [0.25, 0.3) is 0 Å². The van der Waals surface area contributed by atoms with Crippen LogP contribution >= 0.6 is 11.6 Å². The molecule has 0 amide bonds. The van der Waals surface area contributed by atoms with Gasteiger partial charge >= 0.3 is 6.18 Å². The predicted molar refractivity (Wildman–Crippen MR) is 86.2 cm³/mol. The summed E-state index contributed by atoms with van der Waals surface area (Å²) in [5.41, 5.74) is -0.518. The lowest BCUT2D eigenvalue weighted by atomic mass is 9.82. The summed E-state index contributed by atoms with van der Waals surface area (Å²) in [5, 5.41) is 0.214. The Morgan fingerprint density at radius 1 is 1.04 bits per heavy atom. The lowest BCUT2D eigenvalue weighted by Gasteiger charge is -2.24. The van der Waals surface area contributed by atoms with E-state index in [-0.39, 0.29) is 16.2 Å². The largest absolute Gasteiger partial charge is 0.453 e. The Balaban J connectivity index is 2.36. The number of rotatable bonds is 4. The maximum Gasteiger partial charge on any atom is 0.419 e. The fourth-order valence-corrected chi connectivity index (χ4v) is 2.35. The molecule has 0 aliphatic rings. The van der Waals surface area contributed by atoms with Gasteiger partial charge in [0.15, 0.2) is 11.6 Å². The van der Waals surface area contributed by atoms with Crippen molar-refractivity contribution in [3.05, 3.63) is 58.4 Å². The molecule has 0 saturated carbocycles. The summed E-state index contributed by atoms with van der Waals surface area (Å²) in [7, 11) is 0. The fourth-order valence-electron chi connectivity index (χ4n) is 2.14. The lowest BCUT2D eigenvalue weighted by molar-refractivity contribution is -0.140. The zero-order valence-corrected chi connectivity index (χ0v) is 14.2. The van der Waals surface area contributed by atoms with Crippen molar-refractivity contribution in [1.82, 2.24) is 0 Å². The summed E-state index contributed by atoms with van der Waals surface area (Å²) < 4.78 is 57.5. The molecule has 0 bridgehead atoms. The fraction of sp³-hybridized carbons (Fsp3) is 0.333. The Morgan fingerprint density at radius 3 is 2.25 bits per heavy atom. The summed E-state index contributed by atoms with van der Waals surface area (Å²) in [6, 6.07) is 7.88. The molecule has 0 saturated heterocycles. The summed E-state index contributed by atoms with van der Waals surface area (Å²) in [6.45, 7) is 6.13. The number of hydrogen-bond acceptors (Lipinski definition) is 1. The second-order valence-corrected chi connectivity index (χ2v) is 6.51. The molecule has 0 atom stereocenters. The standard InChI is InChI=1S/C18H17ClF4O/c1-4-17(2,3)11-8-9-14(13(19)10-11)24-15-7-5-6-12(16(15)20)18(21,22)23/h5-10H,4H2,1-3H3. The van der Waals surface area contributed by atoms with E-state index in [1.165, 1.54) is 6.07 Å². The summed E-state index contributed by atoms with van der Waals surface area (Å²) in [5.74, 6) is -1.88. The first-order chi connectivity index (χ1) is 11.1. The summed E-state index contributed by atoms with van der Waals surface area (Å²) >= 11 is 6.15. The average Bonchev–Trinajstić information content (AvgIpc) is 2.49. The highest BCUT2D eigenvalue weighted by atomic mass is 35.5. The minimum absolute atomic E-state index is 0.102. The first-order valence-corrected chi connectivity index (χ1v) is 7.77. The smallest absolute Gasteiger partial charge is 0.419 e. The molecule has 130 valence electrons. The highest BCUT2D eigenvalue weighted by Crippen LogP contribution is 2.39. The Kier molecular flexibility index (Phi) is 5.14. The third kappa shape index (κ3) is 3.83. The van der Waals surface area contributed by atoms with Gasteiger partial charge in [-0.15, -0.1) is 0 Å². The molecule has 2 aromatic carbocycles. The van der Waals surface area contributed by atoms with E-state index in [4.69, 9.17) is 16.3 Å². The molecule has 2 rings (SSSR count). The molecule has 6 heteroatoms. The second-order valence-electron chi connectivity index (χ2n) is 6.10. The van der Waals surface area contributed by atoms with Crippen molar-refractivity contribution in [1.29, 1.82) is 0 Å². The lowest BCUT2D eigenvalue weighted by Crippen LogP contribution is -2.15. The van der Waals surface area contributed by atoms with Gasteiger partial charge in [-0.3, -0.25) is 0 Å². The Hall–Kier alpha value is -1.75. The van der Waals surface area contributed by atoms with Crippen molar-refractivity contribution >= 4 is 11.6 Å². The van der Waals surface area contributed by atoms with Gasteiger partial charge in [-0.05, 0) is 41.7 Å². The second kappa shape index (κ2) is 6.63. The molecule has 0 aromatic heterocycles. The van der Waals surface area contributed by atoms with Crippen LogP contribution in [-0.4, -0.2) is 0 Å². The summed E-state index contributed by atoms with van der Waals surface area (Å²) in [6.07, 6.45) is -3.91. The molecule has 0 aliphatic carbocycles. The van der Waals surface area contributed by atoms with E-state index in [9.17, 15) is 17.6 Å². The number of alkyl halides is 3. The maximum atomic E-state index is 14.0. The monoisotopic (exact) mass is 360 g/mol. The van der Waals surface area contributed by atoms with E-state index in [0.29, 0.717) is 6.07 Å². The molecule has 2 aromatic rings. The van der Waals surface area contributed by atoms with E-state index < -0.39 is 23.3 Å². The zero-order valence-electron chi connectivity index (χ0n) is 13.5. The Labute approximate surface area is 143 Å². The van der Waals surface area contributed by atoms with Crippen LogP contribution in [0.15, 0.2) is 36.4 Å². The van der Waals surface area contributed by atoms with Crippen LogP contribution in [0.25, 0.3) is 0 Å². The normalized spacial score (nSPS) is 12.3. The molecule has 0 spiro atoms. The van der Waals surface area contributed by atoms with Gasteiger partial charge in [0.2, 0.25) is 0 Å². The van der Waals surface area contributed by atoms with E-state index in [1.54, 1.807) is 12.1 Å². The third-order valence-corrected chi connectivity index (χ3v) is 4.38. The average molecular weight is 361 g/mol. The molecule has 0 aliphatic heterocycles. The van der Waals surface area contributed by atoms with Crippen molar-refractivity contribution in [3.63, 3.8) is 0 Å². The van der Waals surface area contributed by atoms with E-state index in [1.807, 2.05) is 20.8 Å². The maximum absolute atomic E-state index is 14.0. The first kappa shape index (κ1) is 18.6. The quantitative estimate of drug-likeness (QED) is 0.534. The molecule has 0 fully saturated rings. The van der Waals surface area contributed by atoms with E-state index in [0.717, 1.165) is 24.1 Å². The van der Waals surface area contributed by atoms with Crippen LogP contribution in [0.4, 0.5) is 17.6 Å². The molecule has 0 heterocycles. The van der Waals surface area contributed by atoms with Crippen LogP contribution in [0.1, 0.15) is 38.3 Å². The van der Waals surface area contributed by atoms with Gasteiger partial charge in [0, 0.05) is 0 Å². The molecular formula is C18H17ClF4O. The minimum atomic E-state index is -4.79. The van der Waals surface area contributed by atoms with Crippen molar-refractivity contribution < 1.29 is 22.3 Å².